The molecule has 0 aliphatic carbocycles. The van der Waals surface area contributed by atoms with Gasteiger partial charge in [-0.15, -0.1) is 0 Å². The fraction of sp³-hybridized carbons (Fsp3) is 0.296. The molecule has 1 nitrogen and oxygen atoms in total. The predicted molar refractivity (Wildman–Crippen MR) is 131 cm³/mol. The molecular weight excluding hydrogens is 449 g/mol. The first kappa shape index (κ1) is 21.4. The normalized spacial score (nSPS) is 18.7. The van der Waals surface area contributed by atoms with E-state index in [1.54, 1.807) is 0 Å². The molecule has 0 N–H and O–H groups in total. The molecule has 30 heavy (non-hydrogen) atoms. The van der Waals surface area contributed by atoms with Gasteiger partial charge in [0.2, 0.25) is 0 Å². The summed E-state index contributed by atoms with van der Waals surface area (Å²) in [6.45, 7) is 4.78. The first-order valence-electron chi connectivity index (χ1n) is 10.6. The fourth-order valence-corrected chi connectivity index (χ4v) is 7.41. The first-order chi connectivity index (χ1) is 14.6. The monoisotopic (exact) mass is 480 g/mol. The minimum atomic E-state index is 0.252. The van der Waals surface area contributed by atoms with Crippen LogP contribution in [0.25, 0.3) is 0 Å². The molecule has 4 rings (SSSR count). The Balaban J connectivity index is 1.57. The van der Waals surface area contributed by atoms with Gasteiger partial charge in [0.05, 0.1) is 0 Å². The van der Waals surface area contributed by atoms with Crippen molar-refractivity contribution < 1.29 is 4.58 Å². The Bertz CT molecular complexity index is 954. The molecule has 3 heteroatoms. The number of benzene rings is 3. The van der Waals surface area contributed by atoms with E-state index in [1.165, 1.54) is 26.7 Å². The summed E-state index contributed by atoms with van der Waals surface area (Å²) in [4.78, 5) is 1.35. The number of hydrogen-bond donors (Lipinski definition) is 0. The maximum atomic E-state index is 2.70. The third kappa shape index (κ3) is 5.66. The van der Waals surface area contributed by atoms with Crippen molar-refractivity contribution >= 4 is 37.4 Å². The van der Waals surface area contributed by atoms with Crippen LogP contribution in [0.1, 0.15) is 31.9 Å². The van der Waals surface area contributed by atoms with Crippen molar-refractivity contribution in [1.82, 2.24) is 0 Å². The molecule has 0 bridgehead atoms. The number of thioether (sulfide) groups is 1. The molecule has 0 amide bonds. The summed E-state index contributed by atoms with van der Waals surface area (Å²) < 4.78 is 4.21. The average Bonchev–Trinajstić information content (AvgIpc) is 3.09. The molecule has 1 aliphatic heterocycles. The number of hydrogen-bond acceptors (Lipinski definition) is 1. The van der Waals surface area contributed by atoms with E-state index in [9.17, 15) is 0 Å². The van der Waals surface area contributed by atoms with Gasteiger partial charge >= 0.3 is 192 Å². The van der Waals surface area contributed by atoms with Crippen LogP contribution in [0.3, 0.4) is 0 Å². The van der Waals surface area contributed by atoms with Gasteiger partial charge in [0, 0.05) is 0 Å². The van der Waals surface area contributed by atoms with Crippen LogP contribution in [0.15, 0.2) is 95.9 Å². The molecule has 1 unspecified atom stereocenters. The molecule has 0 radical (unpaired) electrons. The standard InChI is InChI=1S/C27H30NSSe/c1-27(2)18-23(20-30-25-16-10-5-11-17-25)28(21-27)26(22-12-6-3-7-13-22)19-29-24-14-8-4-9-15-24/h3-17,21,23,26H,18-20H2,1-2H3/q+1/t23?,26-/m0/s1. The first-order valence-corrected chi connectivity index (χ1v) is 13.7. The Kier molecular flexibility index (Phi) is 7.15. The maximum absolute atomic E-state index is 2.70. The Morgan fingerprint density at radius 1 is 0.900 bits per heavy atom. The molecule has 0 spiro atoms. The molecule has 0 fully saturated rings. The van der Waals surface area contributed by atoms with Crippen molar-refractivity contribution in [3.05, 3.63) is 96.6 Å². The molecule has 0 saturated heterocycles. The van der Waals surface area contributed by atoms with E-state index in [0.29, 0.717) is 27.0 Å². The SMILES string of the molecule is CC1(C)C=[N+]([C@@H](CSc2ccccc2)c2ccccc2)C(C[Se]c2ccccc2)C1. The molecule has 1 aliphatic rings. The van der Waals surface area contributed by atoms with Gasteiger partial charge in [-0.2, -0.15) is 0 Å². The zero-order valence-corrected chi connectivity index (χ0v) is 20.3. The van der Waals surface area contributed by atoms with Gasteiger partial charge in [0.15, 0.2) is 0 Å². The third-order valence-corrected chi connectivity index (χ3v) is 9.08. The average molecular weight is 480 g/mol. The predicted octanol–water partition coefficient (Wildman–Crippen LogP) is 5.85. The quantitative estimate of drug-likeness (QED) is 0.223. The van der Waals surface area contributed by atoms with Gasteiger partial charge in [-0.1, -0.05) is 0 Å². The number of nitrogens with zero attached hydrogens (tertiary/aromatic N) is 1. The van der Waals surface area contributed by atoms with Gasteiger partial charge in [0.1, 0.15) is 0 Å². The van der Waals surface area contributed by atoms with Gasteiger partial charge in [-0.05, 0) is 0 Å². The van der Waals surface area contributed by atoms with Crippen molar-refractivity contribution in [2.45, 2.75) is 42.6 Å². The molecule has 0 aromatic heterocycles. The summed E-state index contributed by atoms with van der Waals surface area (Å²) in [6, 6.07) is 33.9. The zero-order valence-electron chi connectivity index (χ0n) is 17.8. The van der Waals surface area contributed by atoms with Crippen LogP contribution in [-0.2, 0) is 0 Å². The van der Waals surface area contributed by atoms with Crippen LogP contribution >= 0.6 is 11.8 Å². The summed E-state index contributed by atoms with van der Waals surface area (Å²) in [6.07, 6.45) is 3.77. The zero-order chi connectivity index (χ0) is 20.8. The van der Waals surface area contributed by atoms with E-state index in [1.807, 2.05) is 11.8 Å². The summed E-state index contributed by atoms with van der Waals surface area (Å²) >= 11 is 2.48. The van der Waals surface area contributed by atoms with E-state index in [0.717, 1.165) is 5.75 Å². The van der Waals surface area contributed by atoms with Crippen LogP contribution in [-0.4, -0.2) is 37.5 Å². The molecule has 1 heterocycles. The van der Waals surface area contributed by atoms with Crippen molar-refractivity contribution in [1.29, 1.82) is 0 Å². The van der Waals surface area contributed by atoms with Gasteiger partial charge < -0.3 is 0 Å². The Morgan fingerprint density at radius 3 is 2.17 bits per heavy atom. The second-order valence-corrected chi connectivity index (χ2v) is 12.0. The minimum absolute atomic E-state index is 0.252. The summed E-state index contributed by atoms with van der Waals surface area (Å²) in [5.41, 5.74) is 1.68. The molecule has 2 atom stereocenters. The van der Waals surface area contributed by atoms with Crippen LogP contribution < -0.4 is 4.46 Å². The second-order valence-electron chi connectivity index (χ2n) is 8.60. The van der Waals surface area contributed by atoms with Crippen molar-refractivity contribution in [3.63, 3.8) is 0 Å². The second kappa shape index (κ2) is 10.0. The summed E-state index contributed by atoms with van der Waals surface area (Å²) in [5, 5.41) is 1.26. The van der Waals surface area contributed by atoms with Gasteiger partial charge in [-0.25, -0.2) is 0 Å². The molecule has 154 valence electrons. The van der Waals surface area contributed by atoms with E-state index in [4.69, 9.17) is 0 Å². The Morgan fingerprint density at radius 2 is 1.50 bits per heavy atom. The van der Waals surface area contributed by atoms with Crippen molar-refractivity contribution in [3.8, 4) is 0 Å². The third-order valence-electron chi connectivity index (χ3n) is 5.56. The summed E-state index contributed by atoms with van der Waals surface area (Å²) in [7, 11) is 0. The molecule has 3 aromatic carbocycles. The van der Waals surface area contributed by atoms with Crippen LogP contribution in [0.4, 0.5) is 0 Å². The van der Waals surface area contributed by atoms with Crippen LogP contribution in [0.5, 0.6) is 0 Å². The van der Waals surface area contributed by atoms with Gasteiger partial charge in [-0.3, -0.25) is 0 Å². The Hall–Kier alpha value is -1.80. The molecule has 3 aromatic rings. The summed E-state index contributed by atoms with van der Waals surface area (Å²) in [5.74, 6) is 1.06. The van der Waals surface area contributed by atoms with Crippen LogP contribution in [0.2, 0.25) is 5.32 Å². The molecular formula is C27H30NSSe+. The van der Waals surface area contributed by atoms with E-state index >= 15 is 0 Å². The van der Waals surface area contributed by atoms with E-state index in [-0.39, 0.29) is 5.41 Å². The van der Waals surface area contributed by atoms with E-state index < -0.39 is 0 Å². The van der Waals surface area contributed by atoms with E-state index in [2.05, 4.69) is 116 Å². The van der Waals surface area contributed by atoms with Crippen molar-refractivity contribution in [2.24, 2.45) is 5.41 Å². The Labute approximate surface area is 191 Å². The molecule has 0 saturated carbocycles. The number of rotatable bonds is 8. The topological polar surface area (TPSA) is 3.01 Å². The fourth-order valence-electron chi connectivity index (χ4n) is 4.19. The van der Waals surface area contributed by atoms with Gasteiger partial charge in [0.25, 0.3) is 0 Å². The van der Waals surface area contributed by atoms with Crippen molar-refractivity contribution in [2.75, 3.05) is 5.75 Å². The van der Waals surface area contributed by atoms with Crippen LogP contribution in [0, 0.1) is 5.41 Å².